The van der Waals surface area contributed by atoms with Gasteiger partial charge in [0.15, 0.2) is 0 Å². The maximum Gasteiger partial charge on any atom is 0.472 e. The minimum Gasteiger partial charge on any atom is -0.457 e. The quantitative estimate of drug-likeness (QED) is 0.0148. The van der Waals surface area contributed by atoms with E-state index >= 15 is 0 Å². The van der Waals surface area contributed by atoms with Crippen LogP contribution < -0.4 is 0 Å². The van der Waals surface area contributed by atoms with E-state index in [0.717, 1.165) is 57.8 Å². The largest absolute Gasteiger partial charge is 0.472 e. The Labute approximate surface area is 358 Å². The van der Waals surface area contributed by atoms with Crippen molar-refractivity contribution in [2.75, 3.05) is 19.8 Å². The Morgan fingerprint density at radius 3 is 1.34 bits per heavy atom. The first-order valence-corrected chi connectivity index (χ1v) is 25.5. The number of phosphoric acid groups is 1. The predicted octanol–water partition coefficient (Wildman–Crippen LogP) is 9.92. The zero-order valence-corrected chi connectivity index (χ0v) is 38.2. The lowest BCUT2D eigenvalue weighted by Gasteiger charge is -2.41. The fraction of sp³-hybridized carbons (Fsp3) is 0.935. The molecule has 0 bridgehead atoms. The van der Waals surface area contributed by atoms with Crippen molar-refractivity contribution in [1.82, 2.24) is 0 Å². The van der Waals surface area contributed by atoms with Crippen molar-refractivity contribution < 1.29 is 58.3 Å². The van der Waals surface area contributed by atoms with Crippen LogP contribution in [0.3, 0.4) is 0 Å². The molecule has 6 N–H and O–H groups in total. The molecule has 13 heteroatoms. The molecule has 0 radical (unpaired) electrons. The van der Waals surface area contributed by atoms with Gasteiger partial charge in [-0.25, -0.2) is 4.57 Å². The Balaban J connectivity index is 2.38. The van der Waals surface area contributed by atoms with E-state index in [4.69, 9.17) is 18.5 Å². The van der Waals surface area contributed by atoms with Gasteiger partial charge >= 0.3 is 13.8 Å². The smallest absolute Gasteiger partial charge is 0.457 e. The van der Waals surface area contributed by atoms with Gasteiger partial charge in [0.2, 0.25) is 0 Å². The van der Waals surface area contributed by atoms with Gasteiger partial charge in [-0.3, -0.25) is 13.8 Å². The van der Waals surface area contributed by atoms with Crippen molar-refractivity contribution in [3.8, 4) is 0 Å². The van der Waals surface area contributed by atoms with Gasteiger partial charge in [-0.1, -0.05) is 180 Å². The van der Waals surface area contributed by atoms with E-state index in [2.05, 4.69) is 26.0 Å². The summed E-state index contributed by atoms with van der Waals surface area (Å²) in [5.41, 5.74) is 0. The van der Waals surface area contributed by atoms with E-state index in [1.54, 1.807) is 0 Å². The Hall–Kier alpha value is -0.920. The molecule has 6 unspecified atom stereocenters. The van der Waals surface area contributed by atoms with Crippen molar-refractivity contribution in [3.05, 3.63) is 12.2 Å². The van der Waals surface area contributed by atoms with Gasteiger partial charge in [0, 0.05) is 13.0 Å². The highest BCUT2D eigenvalue weighted by molar-refractivity contribution is 7.47. The molecule has 1 aliphatic carbocycles. The van der Waals surface area contributed by atoms with E-state index in [1.807, 2.05) is 0 Å². The lowest BCUT2D eigenvalue weighted by molar-refractivity contribution is -0.220. The molecule has 0 spiro atoms. The first kappa shape index (κ1) is 56.1. The Bertz CT molecular complexity index is 1030. The van der Waals surface area contributed by atoms with Crippen molar-refractivity contribution in [2.24, 2.45) is 0 Å². The second-order valence-corrected chi connectivity index (χ2v) is 18.4. The average Bonchev–Trinajstić information content (AvgIpc) is 3.22. The van der Waals surface area contributed by atoms with Crippen LogP contribution in [0.1, 0.15) is 213 Å². The van der Waals surface area contributed by atoms with E-state index < -0.39 is 63.1 Å². The van der Waals surface area contributed by atoms with Crippen molar-refractivity contribution >= 4 is 13.8 Å². The molecule has 0 heterocycles. The molecular formula is C46H89O12P. The average molecular weight is 865 g/mol. The SMILES string of the molecule is CCCCCCCCC/C=C\CCCCCCCC(=O)O[C@H](COCCCCCCCCCCCCCCCCCC)COP(=O)(O)OC1C(O)C(O)C(O)[C@@H](O)C1O. The maximum atomic E-state index is 12.8. The lowest BCUT2D eigenvalue weighted by atomic mass is 9.85. The van der Waals surface area contributed by atoms with Crippen LogP contribution in [0.5, 0.6) is 0 Å². The van der Waals surface area contributed by atoms with Crippen molar-refractivity contribution in [2.45, 2.75) is 256 Å². The van der Waals surface area contributed by atoms with Crippen LogP contribution in [-0.2, 0) is 27.9 Å². The number of ether oxygens (including phenoxy) is 2. The summed E-state index contributed by atoms with van der Waals surface area (Å²) in [4.78, 5) is 23.2. The summed E-state index contributed by atoms with van der Waals surface area (Å²) in [6, 6.07) is 0. The summed E-state index contributed by atoms with van der Waals surface area (Å²) in [5, 5.41) is 50.2. The summed E-state index contributed by atoms with van der Waals surface area (Å²) < 4.78 is 34.2. The van der Waals surface area contributed by atoms with Gasteiger partial charge < -0.3 is 39.9 Å². The number of aliphatic hydroxyl groups excluding tert-OH is 5. The molecular weight excluding hydrogens is 775 g/mol. The molecule has 59 heavy (non-hydrogen) atoms. The van der Waals surface area contributed by atoms with Crippen LogP contribution in [0.15, 0.2) is 12.2 Å². The number of rotatable bonds is 41. The number of carbonyl (C=O) groups excluding carboxylic acids is 1. The third-order valence-electron chi connectivity index (χ3n) is 11.4. The van der Waals surface area contributed by atoms with Crippen molar-refractivity contribution in [3.63, 3.8) is 0 Å². The number of hydrogen-bond donors (Lipinski definition) is 6. The molecule has 12 nitrogen and oxygen atoms in total. The zero-order valence-electron chi connectivity index (χ0n) is 37.3. The highest BCUT2D eigenvalue weighted by atomic mass is 31.2. The molecule has 0 aromatic heterocycles. The topological polar surface area (TPSA) is 192 Å². The second kappa shape index (κ2) is 37.6. The molecule has 1 saturated carbocycles. The summed E-state index contributed by atoms with van der Waals surface area (Å²) in [5.74, 6) is -0.482. The number of allylic oxidation sites excluding steroid dienone is 2. The Morgan fingerprint density at radius 2 is 0.898 bits per heavy atom. The monoisotopic (exact) mass is 865 g/mol. The lowest BCUT2D eigenvalue weighted by Crippen LogP contribution is -2.64. The standard InChI is InChI=1S/C46H89O12P/c1-3-5-7-9-11-13-15-17-19-21-23-25-27-29-31-33-35-40(47)57-39(38-56-59(53,54)58-46-44(51)42(49)41(48)43(50)45(46)52)37-55-36-34-32-30-28-26-24-22-20-18-16-14-12-10-8-6-4-2/h19,21,39,41-46,48-52H,3-18,20,22-38H2,1-2H3,(H,53,54)/b21-19-/t39-,41?,42-,43?,44?,45?,46?/m1/s1. The number of aliphatic hydroxyl groups is 5. The Morgan fingerprint density at radius 1 is 0.525 bits per heavy atom. The highest BCUT2D eigenvalue weighted by Gasteiger charge is 2.51. The number of esters is 1. The van der Waals surface area contributed by atoms with E-state index in [1.165, 1.54) is 128 Å². The molecule has 1 rings (SSSR count). The van der Waals surface area contributed by atoms with Crippen LogP contribution in [-0.4, -0.2) is 98.9 Å². The highest BCUT2D eigenvalue weighted by Crippen LogP contribution is 2.47. The second-order valence-electron chi connectivity index (χ2n) is 17.0. The van der Waals surface area contributed by atoms with Gasteiger partial charge in [-0.15, -0.1) is 0 Å². The van der Waals surface area contributed by atoms with Gasteiger partial charge in [-0.2, -0.15) is 0 Å². The van der Waals surface area contributed by atoms with Gasteiger partial charge in [0.25, 0.3) is 0 Å². The molecule has 0 aromatic carbocycles. The van der Waals surface area contributed by atoms with Crippen LogP contribution in [0.4, 0.5) is 0 Å². The molecule has 0 aliphatic heterocycles. The molecule has 8 atom stereocenters. The minimum atomic E-state index is -5.01. The van der Waals surface area contributed by atoms with Crippen molar-refractivity contribution in [1.29, 1.82) is 0 Å². The first-order valence-electron chi connectivity index (χ1n) is 24.0. The summed E-state index contributed by atoms with van der Waals surface area (Å²) in [6.07, 6.45) is 28.5. The van der Waals surface area contributed by atoms with Gasteiger partial charge in [0.05, 0.1) is 13.2 Å². The van der Waals surface area contributed by atoms with Crippen LogP contribution >= 0.6 is 7.82 Å². The third kappa shape index (κ3) is 29.9. The van der Waals surface area contributed by atoms with Crippen LogP contribution in [0, 0.1) is 0 Å². The number of carbonyl (C=O) groups is 1. The number of phosphoric ester groups is 1. The fourth-order valence-electron chi connectivity index (χ4n) is 7.53. The van der Waals surface area contributed by atoms with Crippen LogP contribution in [0.2, 0.25) is 0 Å². The van der Waals surface area contributed by atoms with Crippen LogP contribution in [0.25, 0.3) is 0 Å². The summed E-state index contributed by atoms with van der Waals surface area (Å²) >= 11 is 0. The van der Waals surface area contributed by atoms with E-state index in [-0.39, 0.29) is 13.0 Å². The fourth-order valence-corrected chi connectivity index (χ4v) is 8.50. The molecule has 0 amide bonds. The first-order chi connectivity index (χ1) is 28.5. The van der Waals surface area contributed by atoms with E-state index in [0.29, 0.717) is 13.0 Å². The predicted molar refractivity (Wildman–Crippen MR) is 235 cm³/mol. The van der Waals surface area contributed by atoms with Gasteiger partial charge in [0.1, 0.15) is 42.7 Å². The molecule has 1 fully saturated rings. The summed E-state index contributed by atoms with van der Waals surface area (Å²) in [7, 11) is -5.01. The molecule has 350 valence electrons. The maximum absolute atomic E-state index is 12.8. The van der Waals surface area contributed by atoms with E-state index in [9.17, 15) is 39.8 Å². The molecule has 1 aliphatic rings. The summed E-state index contributed by atoms with van der Waals surface area (Å²) in [6.45, 7) is 4.28. The normalized spacial score (nSPS) is 22.5. The third-order valence-corrected chi connectivity index (χ3v) is 12.4. The Kier molecular flexibility index (Phi) is 35.8. The molecule has 0 saturated heterocycles. The minimum absolute atomic E-state index is 0.0742. The number of hydrogen-bond acceptors (Lipinski definition) is 11. The zero-order chi connectivity index (χ0) is 43.4. The number of unbranched alkanes of at least 4 members (excludes halogenated alkanes) is 27. The van der Waals surface area contributed by atoms with Gasteiger partial charge in [-0.05, 0) is 38.5 Å². The molecule has 0 aromatic rings.